The highest BCUT2D eigenvalue weighted by atomic mass is 32.1. The van der Waals surface area contributed by atoms with Gasteiger partial charge < -0.3 is 9.72 Å². The van der Waals surface area contributed by atoms with E-state index in [9.17, 15) is 18.0 Å². The van der Waals surface area contributed by atoms with Gasteiger partial charge in [-0.3, -0.25) is 4.79 Å². The summed E-state index contributed by atoms with van der Waals surface area (Å²) >= 11 is 1.38. The van der Waals surface area contributed by atoms with Gasteiger partial charge in [-0.1, -0.05) is 72.8 Å². The summed E-state index contributed by atoms with van der Waals surface area (Å²) in [5.41, 5.74) is 5.49. The van der Waals surface area contributed by atoms with Crippen LogP contribution in [-0.4, -0.2) is 27.3 Å². The van der Waals surface area contributed by atoms with Crippen molar-refractivity contribution in [3.05, 3.63) is 130 Å². The molecule has 0 fully saturated rings. The van der Waals surface area contributed by atoms with E-state index in [0.29, 0.717) is 43.1 Å². The van der Waals surface area contributed by atoms with Crippen molar-refractivity contribution in [1.82, 2.24) is 15.0 Å². The number of aromatic amines is 1. The Bertz CT molecular complexity index is 1550. The molecule has 0 spiro atoms. The zero-order chi connectivity index (χ0) is 28.7. The number of carbonyl (C=O) groups is 1. The Kier molecular flexibility index (Phi) is 9.06. The predicted molar refractivity (Wildman–Crippen MR) is 153 cm³/mol. The highest BCUT2D eigenvalue weighted by molar-refractivity contribution is 7.07. The fourth-order valence-corrected chi connectivity index (χ4v) is 5.19. The molecule has 41 heavy (non-hydrogen) atoms. The maximum absolute atomic E-state index is 13.5. The van der Waals surface area contributed by atoms with Gasteiger partial charge in [0, 0.05) is 24.3 Å². The third-order valence-corrected chi connectivity index (χ3v) is 7.37. The quantitative estimate of drug-likeness (QED) is 0.121. The summed E-state index contributed by atoms with van der Waals surface area (Å²) in [5.74, 6) is 0.172. The molecule has 5 rings (SSSR count). The molecule has 0 saturated heterocycles. The molecular weight excluding hydrogens is 547 g/mol. The summed E-state index contributed by atoms with van der Waals surface area (Å²) in [7, 11) is 0. The first-order valence-electron chi connectivity index (χ1n) is 13.2. The molecule has 0 saturated carbocycles. The lowest BCUT2D eigenvalue weighted by Gasteiger charge is -2.17. The average molecular weight is 576 g/mol. The highest BCUT2D eigenvalue weighted by Gasteiger charge is 2.31. The summed E-state index contributed by atoms with van der Waals surface area (Å²) < 4.78 is 46.3. The summed E-state index contributed by atoms with van der Waals surface area (Å²) in [6.07, 6.45) is -1.29. The molecule has 0 amide bonds. The van der Waals surface area contributed by atoms with Gasteiger partial charge in [-0.05, 0) is 41.2 Å². The van der Waals surface area contributed by atoms with E-state index in [1.807, 2.05) is 54.6 Å². The Balaban J connectivity index is 1.30. The van der Waals surface area contributed by atoms with E-state index in [4.69, 9.17) is 4.74 Å². The average Bonchev–Trinajstić information content (AvgIpc) is 3.69. The van der Waals surface area contributed by atoms with Crippen molar-refractivity contribution in [3.63, 3.8) is 0 Å². The van der Waals surface area contributed by atoms with Gasteiger partial charge in [0.05, 0.1) is 29.6 Å². The zero-order valence-electron chi connectivity index (χ0n) is 22.1. The number of carbonyl (C=O) groups excluding carboxylic acids is 1. The van der Waals surface area contributed by atoms with Crippen LogP contribution in [0.25, 0.3) is 11.3 Å². The fraction of sp³-hybridized carbons (Fsp3) is 0.219. The van der Waals surface area contributed by atoms with Gasteiger partial charge in [0.2, 0.25) is 0 Å². The van der Waals surface area contributed by atoms with E-state index >= 15 is 0 Å². The van der Waals surface area contributed by atoms with Crippen LogP contribution in [0.5, 0.6) is 0 Å². The molecule has 0 bridgehead atoms. The molecule has 5 aromatic rings. The number of halogens is 3. The van der Waals surface area contributed by atoms with Crippen LogP contribution in [0.15, 0.2) is 96.0 Å². The van der Waals surface area contributed by atoms with Crippen LogP contribution in [0, 0.1) is 0 Å². The van der Waals surface area contributed by atoms with Crippen LogP contribution >= 0.6 is 11.3 Å². The first kappa shape index (κ1) is 28.4. The maximum Gasteiger partial charge on any atom is 0.416 e. The van der Waals surface area contributed by atoms with Crippen molar-refractivity contribution in [3.8, 4) is 11.3 Å². The molecule has 1 unspecified atom stereocenters. The van der Waals surface area contributed by atoms with Gasteiger partial charge in [0.15, 0.2) is 5.78 Å². The van der Waals surface area contributed by atoms with Crippen LogP contribution < -0.4 is 0 Å². The molecule has 5 nitrogen and oxygen atoms in total. The maximum atomic E-state index is 13.5. The number of rotatable bonds is 12. The molecule has 2 aromatic heterocycles. The lowest BCUT2D eigenvalue weighted by atomic mass is 9.92. The number of ketones is 1. The molecule has 1 atom stereocenters. The molecule has 0 radical (unpaired) electrons. The van der Waals surface area contributed by atoms with Crippen LogP contribution in [0.4, 0.5) is 13.2 Å². The smallest absolute Gasteiger partial charge is 0.377 e. The van der Waals surface area contributed by atoms with Crippen molar-refractivity contribution < 1.29 is 22.7 Å². The molecule has 2 heterocycles. The zero-order valence-corrected chi connectivity index (χ0v) is 22.9. The number of Topliss-reactive ketones (excluding diaryl/α,β-unsaturated/α-hetero) is 1. The van der Waals surface area contributed by atoms with Crippen LogP contribution in [0.2, 0.25) is 0 Å². The van der Waals surface area contributed by atoms with Crippen molar-refractivity contribution >= 4 is 17.1 Å². The number of alkyl halides is 3. The van der Waals surface area contributed by atoms with Gasteiger partial charge in [-0.25, -0.2) is 9.97 Å². The van der Waals surface area contributed by atoms with Crippen molar-refractivity contribution in [2.45, 2.75) is 38.0 Å². The SMILES string of the molecule is O=C(Cc1ccc(-c2cnc(C(CCCOCc3ccccc3)c3cccc(C(F)(F)F)c3)[nH]2)cc1)c1cscn1. The fourth-order valence-electron chi connectivity index (χ4n) is 4.64. The number of imidazole rings is 1. The van der Waals surface area contributed by atoms with E-state index in [1.165, 1.54) is 23.5 Å². The summed E-state index contributed by atoms with van der Waals surface area (Å²) in [5, 5.41) is 1.74. The number of H-pyrrole nitrogens is 1. The predicted octanol–water partition coefficient (Wildman–Crippen LogP) is 8.11. The first-order chi connectivity index (χ1) is 19.9. The highest BCUT2D eigenvalue weighted by Crippen LogP contribution is 2.34. The number of nitrogens with one attached hydrogen (secondary N) is 1. The molecule has 9 heteroatoms. The normalized spacial score (nSPS) is 12.4. The second-order valence-corrected chi connectivity index (χ2v) is 10.4. The molecule has 0 aliphatic carbocycles. The number of nitrogens with zero attached hydrogens (tertiary/aromatic N) is 2. The minimum absolute atomic E-state index is 0.0421. The lowest BCUT2D eigenvalue weighted by Crippen LogP contribution is -2.09. The Morgan fingerprint density at radius 2 is 1.76 bits per heavy atom. The number of ether oxygens (including phenoxy) is 1. The van der Waals surface area contributed by atoms with Gasteiger partial charge >= 0.3 is 6.18 Å². The van der Waals surface area contributed by atoms with E-state index < -0.39 is 11.7 Å². The van der Waals surface area contributed by atoms with Crippen LogP contribution in [0.1, 0.15) is 57.3 Å². The summed E-state index contributed by atoms with van der Waals surface area (Å²) in [4.78, 5) is 24.3. The van der Waals surface area contributed by atoms with E-state index in [2.05, 4.69) is 15.0 Å². The van der Waals surface area contributed by atoms with Crippen molar-refractivity contribution in [2.24, 2.45) is 0 Å². The van der Waals surface area contributed by atoms with E-state index in [1.54, 1.807) is 23.2 Å². The third-order valence-electron chi connectivity index (χ3n) is 6.78. The molecule has 210 valence electrons. The Morgan fingerprint density at radius 3 is 2.49 bits per heavy atom. The molecule has 0 aliphatic heterocycles. The topological polar surface area (TPSA) is 67.9 Å². The van der Waals surface area contributed by atoms with Gasteiger partial charge in [-0.2, -0.15) is 13.2 Å². The molecular formula is C32H28F3N3O2S. The number of benzene rings is 3. The van der Waals surface area contributed by atoms with Gasteiger partial charge in [-0.15, -0.1) is 11.3 Å². The largest absolute Gasteiger partial charge is 0.416 e. The van der Waals surface area contributed by atoms with Crippen LogP contribution in [0.3, 0.4) is 0 Å². The number of thiazole rings is 1. The molecule has 0 aliphatic rings. The van der Waals surface area contributed by atoms with Crippen molar-refractivity contribution in [2.75, 3.05) is 6.61 Å². The minimum Gasteiger partial charge on any atom is -0.377 e. The van der Waals surface area contributed by atoms with Crippen LogP contribution in [-0.2, 0) is 23.9 Å². The second kappa shape index (κ2) is 13.1. The third kappa shape index (κ3) is 7.56. The minimum atomic E-state index is -4.43. The standard InChI is InChI=1S/C32H28F3N3O2S/c33-32(34,35)26-9-4-8-25(17-26)27(10-5-15-40-19-23-6-2-1-3-7-23)31-36-18-28(38-31)24-13-11-22(12-14-24)16-30(39)29-20-41-21-37-29/h1-4,6-9,11-14,17-18,20-21,27H,5,10,15-16,19H2,(H,36,38). The Labute approximate surface area is 240 Å². The first-order valence-corrected chi connectivity index (χ1v) is 14.2. The summed E-state index contributed by atoms with van der Waals surface area (Å²) in [6.45, 7) is 0.949. The molecule has 3 aromatic carbocycles. The monoisotopic (exact) mass is 575 g/mol. The number of hydrogen-bond acceptors (Lipinski definition) is 5. The van der Waals surface area contributed by atoms with E-state index in [-0.39, 0.29) is 18.1 Å². The lowest BCUT2D eigenvalue weighted by molar-refractivity contribution is -0.137. The number of hydrogen-bond donors (Lipinski definition) is 1. The Morgan fingerprint density at radius 1 is 0.951 bits per heavy atom. The van der Waals surface area contributed by atoms with Gasteiger partial charge in [0.1, 0.15) is 11.5 Å². The molecule has 1 N–H and O–H groups in total. The summed E-state index contributed by atoms with van der Waals surface area (Å²) in [6, 6.07) is 22.8. The van der Waals surface area contributed by atoms with E-state index in [0.717, 1.165) is 28.5 Å². The second-order valence-electron chi connectivity index (χ2n) is 9.71. The number of aromatic nitrogens is 3. The Hall–Kier alpha value is -4.08. The van der Waals surface area contributed by atoms with Crippen molar-refractivity contribution in [1.29, 1.82) is 0 Å². The van der Waals surface area contributed by atoms with Gasteiger partial charge in [0.25, 0.3) is 0 Å².